The second kappa shape index (κ2) is 5.26. The fraction of sp³-hybridized carbons (Fsp3) is 0.467. The first-order chi connectivity index (χ1) is 7.88. The van der Waals surface area contributed by atoms with Gasteiger partial charge in [-0.05, 0) is 48.5 Å². The summed E-state index contributed by atoms with van der Waals surface area (Å²) in [6, 6.07) is 0. The van der Waals surface area contributed by atoms with E-state index in [-0.39, 0.29) is 11.2 Å². The summed E-state index contributed by atoms with van der Waals surface area (Å²) in [6.07, 6.45) is 7.69. The van der Waals surface area contributed by atoms with Crippen molar-refractivity contribution >= 4 is 12.1 Å². The lowest BCUT2D eigenvalue weighted by molar-refractivity contribution is -0.116. The van der Waals surface area contributed by atoms with Crippen molar-refractivity contribution in [3.05, 3.63) is 34.9 Å². The molecule has 1 aliphatic carbocycles. The second-order valence-electron chi connectivity index (χ2n) is 5.23. The SMILES string of the molecule is CC1=C(/C=C/C(C)=C/C=O)C(C)(C)CCC1=O. The summed E-state index contributed by atoms with van der Waals surface area (Å²) < 4.78 is 0. The van der Waals surface area contributed by atoms with Gasteiger partial charge >= 0.3 is 0 Å². The summed E-state index contributed by atoms with van der Waals surface area (Å²) in [7, 11) is 0. The average Bonchev–Trinajstić information content (AvgIpc) is 2.24. The van der Waals surface area contributed by atoms with Crippen LogP contribution in [-0.4, -0.2) is 12.1 Å². The Balaban J connectivity index is 3.08. The molecule has 0 N–H and O–H groups in total. The molecule has 0 atom stereocenters. The van der Waals surface area contributed by atoms with Crippen LogP contribution in [0.25, 0.3) is 0 Å². The van der Waals surface area contributed by atoms with Crippen molar-refractivity contribution in [3.63, 3.8) is 0 Å². The van der Waals surface area contributed by atoms with Crippen molar-refractivity contribution < 1.29 is 9.59 Å². The summed E-state index contributed by atoms with van der Waals surface area (Å²) in [5.74, 6) is 0.237. The maximum Gasteiger partial charge on any atom is 0.158 e. The Bertz CT molecular complexity index is 420. The molecule has 1 rings (SSSR count). The Morgan fingerprint density at radius 3 is 2.59 bits per heavy atom. The standard InChI is InChI=1S/C15H20O2/c1-11(8-10-16)5-6-13-12(2)14(17)7-9-15(13,3)4/h5-6,8,10H,7,9H2,1-4H3/b6-5+,11-8+. The lowest BCUT2D eigenvalue weighted by Crippen LogP contribution is -2.24. The summed E-state index contributed by atoms with van der Waals surface area (Å²) in [5, 5.41) is 0. The van der Waals surface area contributed by atoms with Crippen molar-refractivity contribution in [1.82, 2.24) is 0 Å². The van der Waals surface area contributed by atoms with Crippen LogP contribution in [-0.2, 0) is 9.59 Å². The van der Waals surface area contributed by atoms with Crippen molar-refractivity contribution in [3.8, 4) is 0 Å². The predicted octanol–water partition coefficient (Wildman–Crippen LogP) is 3.39. The van der Waals surface area contributed by atoms with Crippen LogP contribution in [0.3, 0.4) is 0 Å². The van der Waals surface area contributed by atoms with Crippen LogP contribution in [0.1, 0.15) is 40.5 Å². The molecule has 92 valence electrons. The normalized spacial score (nSPS) is 21.2. The van der Waals surface area contributed by atoms with Gasteiger partial charge in [-0.1, -0.05) is 26.0 Å². The molecule has 1 aliphatic rings. The molecule has 0 unspecified atom stereocenters. The first-order valence-corrected chi connectivity index (χ1v) is 5.93. The Kier molecular flexibility index (Phi) is 4.22. The topological polar surface area (TPSA) is 34.1 Å². The molecular formula is C15H20O2. The highest BCUT2D eigenvalue weighted by Crippen LogP contribution is 2.39. The van der Waals surface area contributed by atoms with Crippen LogP contribution in [0.15, 0.2) is 34.9 Å². The monoisotopic (exact) mass is 232 g/mol. The number of ketones is 1. The number of rotatable bonds is 3. The highest BCUT2D eigenvalue weighted by Gasteiger charge is 2.30. The van der Waals surface area contributed by atoms with E-state index < -0.39 is 0 Å². The molecule has 0 aliphatic heterocycles. The largest absolute Gasteiger partial charge is 0.299 e. The molecule has 2 heteroatoms. The lowest BCUT2D eigenvalue weighted by Gasteiger charge is -2.32. The van der Waals surface area contributed by atoms with Crippen LogP contribution in [0.4, 0.5) is 0 Å². The third kappa shape index (κ3) is 3.26. The van der Waals surface area contributed by atoms with E-state index in [4.69, 9.17) is 0 Å². The van der Waals surface area contributed by atoms with Crippen LogP contribution >= 0.6 is 0 Å². The second-order valence-corrected chi connectivity index (χ2v) is 5.23. The first kappa shape index (κ1) is 13.6. The molecule has 0 saturated carbocycles. The van der Waals surface area contributed by atoms with E-state index >= 15 is 0 Å². The van der Waals surface area contributed by atoms with Crippen molar-refractivity contribution in [2.75, 3.05) is 0 Å². The zero-order valence-electron chi connectivity index (χ0n) is 11.0. The van der Waals surface area contributed by atoms with Gasteiger partial charge in [-0.2, -0.15) is 0 Å². The maximum absolute atomic E-state index is 11.7. The zero-order chi connectivity index (χ0) is 13.1. The zero-order valence-corrected chi connectivity index (χ0v) is 11.0. The van der Waals surface area contributed by atoms with E-state index in [0.29, 0.717) is 6.42 Å². The van der Waals surface area contributed by atoms with E-state index in [0.717, 1.165) is 29.4 Å². The van der Waals surface area contributed by atoms with Crippen LogP contribution in [0.2, 0.25) is 0 Å². The number of hydrogen-bond acceptors (Lipinski definition) is 2. The molecule has 0 aromatic heterocycles. The van der Waals surface area contributed by atoms with Crippen LogP contribution in [0.5, 0.6) is 0 Å². The van der Waals surface area contributed by atoms with Crippen molar-refractivity contribution in [2.45, 2.75) is 40.5 Å². The predicted molar refractivity (Wildman–Crippen MR) is 69.7 cm³/mol. The number of aldehydes is 1. The van der Waals surface area contributed by atoms with Crippen molar-refractivity contribution in [1.29, 1.82) is 0 Å². The van der Waals surface area contributed by atoms with Crippen molar-refractivity contribution in [2.24, 2.45) is 5.41 Å². The average molecular weight is 232 g/mol. The van der Waals surface area contributed by atoms with Gasteiger partial charge < -0.3 is 0 Å². The molecule has 0 radical (unpaired) electrons. The molecule has 0 aromatic rings. The summed E-state index contributed by atoms with van der Waals surface area (Å²) in [4.78, 5) is 22.0. The lowest BCUT2D eigenvalue weighted by atomic mass is 9.72. The minimum absolute atomic E-state index is 0.0377. The molecule has 0 spiro atoms. The van der Waals surface area contributed by atoms with E-state index in [1.807, 2.05) is 26.0 Å². The fourth-order valence-electron chi connectivity index (χ4n) is 2.13. The highest BCUT2D eigenvalue weighted by atomic mass is 16.1. The van der Waals surface area contributed by atoms with E-state index in [2.05, 4.69) is 13.8 Å². The smallest absolute Gasteiger partial charge is 0.158 e. The van der Waals surface area contributed by atoms with Gasteiger partial charge in [0.2, 0.25) is 0 Å². The number of carbonyl (C=O) groups is 2. The minimum atomic E-state index is 0.0377. The van der Waals surface area contributed by atoms with Gasteiger partial charge in [-0.3, -0.25) is 9.59 Å². The number of Topliss-reactive ketones (excluding diaryl/α,β-unsaturated/α-hetero) is 1. The van der Waals surface area contributed by atoms with Gasteiger partial charge in [0, 0.05) is 6.42 Å². The van der Waals surface area contributed by atoms with Crippen LogP contribution < -0.4 is 0 Å². The van der Waals surface area contributed by atoms with Gasteiger partial charge in [-0.25, -0.2) is 0 Å². The van der Waals surface area contributed by atoms with Gasteiger partial charge in [0.15, 0.2) is 5.78 Å². The number of carbonyl (C=O) groups excluding carboxylic acids is 2. The minimum Gasteiger partial charge on any atom is -0.299 e. The van der Waals surface area contributed by atoms with Gasteiger partial charge in [-0.15, -0.1) is 0 Å². The molecule has 0 amide bonds. The molecule has 0 aromatic carbocycles. The summed E-state index contributed by atoms with van der Waals surface area (Å²) in [6.45, 7) is 8.07. The van der Waals surface area contributed by atoms with Crippen LogP contribution in [0, 0.1) is 5.41 Å². The molecule has 17 heavy (non-hydrogen) atoms. The van der Waals surface area contributed by atoms with E-state index in [1.54, 1.807) is 0 Å². The molecular weight excluding hydrogens is 212 g/mol. The Morgan fingerprint density at radius 2 is 2.00 bits per heavy atom. The Hall–Kier alpha value is -1.44. The first-order valence-electron chi connectivity index (χ1n) is 5.93. The van der Waals surface area contributed by atoms with Gasteiger partial charge in [0.1, 0.15) is 6.29 Å². The number of allylic oxidation sites excluding steroid dienone is 6. The fourth-order valence-corrected chi connectivity index (χ4v) is 2.13. The van der Waals surface area contributed by atoms with E-state index in [1.165, 1.54) is 6.08 Å². The quantitative estimate of drug-likeness (QED) is 0.424. The molecule has 0 bridgehead atoms. The molecule has 0 saturated heterocycles. The van der Waals surface area contributed by atoms with Gasteiger partial charge in [0.25, 0.3) is 0 Å². The summed E-state index contributed by atoms with van der Waals surface area (Å²) in [5.41, 5.74) is 2.88. The maximum atomic E-state index is 11.7. The third-order valence-corrected chi connectivity index (χ3v) is 3.37. The Labute approximate surface area is 103 Å². The summed E-state index contributed by atoms with van der Waals surface area (Å²) >= 11 is 0. The number of hydrogen-bond donors (Lipinski definition) is 0. The molecule has 0 heterocycles. The molecule has 0 fully saturated rings. The third-order valence-electron chi connectivity index (χ3n) is 3.37. The highest BCUT2D eigenvalue weighted by molar-refractivity contribution is 5.97. The van der Waals surface area contributed by atoms with Gasteiger partial charge in [0.05, 0.1) is 0 Å². The molecule has 2 nitrogen and oxygen atoms in total. The Morgan fingerprint density at radius 1 is 1.35 bits per heavy atom. The van der Waals surface area contributed by atoms with E-state index in [9.17, 15) is 9.59 Å².